The molecular weight excluding hydrogens is 312 g/mol. The van der Waals surface area contributed by atoms with E-state index in [-0.39, 0.29) is 11.8 Å². The van der Waals surface area contributed by atoms with Gasteiger partial charge in [0.2, 0.25) is 15.9 Å². The minimum atomic E-state index is -3.60. The molecule has 0 aromatic heterocycles. The Kier molecular flexibility index (Phi) is 5.16. The summed E-state index contributed by atoms with van der Waals surface area (Å²) >= 11 is 0. The normalized spacial score (nSPS) is 20.5. The smallest absolute Gasteiger partial charge is 0.241 e. The number of hydrogen-bond acceptors (Lipinski definition) is 3. The topological polar surface area (TPSA) is 57.7 Å². The van der Waals surface area contributed by atoms with Crippen molar-refractivity contribution in [2.45, 2.75) is 38.4 Å². The quantitative estimate of drug-likeness (QED) is 0.842. The van der Waals surface area contributed by atoms with Crippen molar-refractivity contribution >= 4 is 15.9 Å². The molecular formula is C17H26N2O3S. The largest absolute Gasteiger partial charge is 0.348 e. The van der Waals surface area contributed by atoms with Crippen LogP contribution in [0, 0.1) is 13.8 Å². The molecule has 0 saturated carbocycles. The van der Waals surface area contributed by atoms with Crippen LogP contribution in [0.3, 0.4) is 0 Å². The number of sulfonamides is 1. The SMILES string of the molecule is Cc1cc(C)cc(C2CCN(S(=O)(=O)C(C)C(=O)N(C)C)C2)c1. The zero-order valence-electron chi connectivity index (χ0n) is 14.5. The van der Waals surface area contributed by atoms with Gasteiger partial charge in [-0.1, -0.05) is 29.3 Å². The van der Waals surface area contributed by atoms with Crippen LogP contribution in [0.25, 0.3) is 0 Å². The van der Waals surface area contributed by atoms with E-state index in [0.717, 1.165) is 6.42 Å². The van der Waals surface area contributed by atoms with Crippen molar-refractivity contribution < 1.29 is 13.2 Å². The predicted octanol–water partition coefficient (Wildman–Crippen LogP) is 1.90. The molecule has 2 unspecified atom stereocenters. The van der Waals surface area contributed by atoms with E-state index >= 15 is 0 Å². The van der Waals surface area contributed by atoms with Crippen molar-refractivity contribution in [2.75, 3.05) is 27.2 Å². The first kappa shape index (κ1) is 17.9. The van der Waals surface area contributed by atoms with Gasteiger partial charge in [-0.2, -0.15) is 0 Å². The van der Waals surface area contributed by atoms with Crippen LogP contribution < -0.4 is 0 Å². The van der Waals surface area contributed by atoms with Gasteiger partial charge < -0.3 is 4.90 Å². The summed E-state index contributed by atoms with van der Waals surface area (Å²) in [4.78, 5) is 13.3. The number of rotatable bonds is 4. The monoisotopic (exact) mass is 338 g/mol. The van der Waals surface area contributed by atoms with Gasteiger partial charge in [-0.15, -0.1) is 0 Å². The van der Waals surface area contributed by atoms with Crippen LogP contribution in [0.4, 0.5) is 0 Å². The van der Waals surface area contributed by atoms with E-state index in [1.165, 1.54) is 32.8 Å². The van der Waals surface area contributed by atoms with Gasteiger partial charge in [-0.05, 0) is 38.7 Å². The highest BCUT2D eigenvalue weighted by molar-refractivity contribution is 7.90. The molecule has 0 bridgehead atoms. The molecule has 1 aromatic carbocycles. The summed E-state index contributed by atoms with van der Waals surface area (Å²) in [5, 5.41) is -1.03. The fraction of sp³-hybridized carbons (Fsp3) is 0.588. The molecule has 6 heteroatoms. The van der Waals surface area contributed by atoms with Gasteiger partial charge in [-0.3, -0.25) is 4.79 Å². The molecule has 128 valence electrons. The minimum Gasteiger partial charge on any atom is -0.348 e. The number of amides is 1. The van der Waals surface area contributed by atoms with E-state index in [1.807, 2.05) is 0 Å². The number of nitrogens with zero attached hydrogens (tertiary/aromatic N) is 2. The van der Waals surface area contributed by atoms with Crippen LogP contribution in [-0.4, -0.2) is 56.0 Å². The molecule has 2 rings (SSSR count). The molecule has 0 radical (unpaired) electrons. The molecule has 0 spiro atoms. The lowest BCUT2D eigenvalue weighted by molar-refractivity contribution is -0.128. The molecule has 1 fully saturated rings. The molecule has 5 nitrogen and oxygen atoms in total. The third-order valence-corrected chi connectivity index (χ3v) is 6.61. The Morgan fingerprint density at radius 1 is 1.22 bits per heavy atom. The number of aryl methyl sites for hydroxylation is 2. The lowest BCUT2D eigenvalue weighted by atomic mass is 9.95. The van der Waals surface area contributed by atoms with Gasteiger partial charge in [-0.25, -0.2) is 12.7 Å². The van der Waals surface area contributed by atoms with Gasteiger partial charge in [0.1, 0.15) is 0 Å². The van der Waals surface area contributed by atoms with Crippen molar-refractivity contribution in [3.05, 3.63) is 34.9 Å². The predicted molar refractivity (Wildman–Crippen MR) is 91.9 cm³/mol. The molecule has 0 aliphatic carbocycles. The second-order valence-corrected chi connectivity index (χ2v) is 8.94. The Balaban J connectivity index is 2.17. The number of hydrogen-bond donors (Lipinski definition) is 0. The van der Waals surface area contributed by atoms with Gasteiger partial charge in [0, 0.05) is 27.2 Å². The Labute approximate surface area is 139 Å². The summed E-state index contributed by atoms with van der Waals surface area (Å²) in [6, 6.07) is 6.37. The van der Waals surface area contributed by atoms with Crippen LogP contribution >= 0.6 is 0 Å². The molecule has 0 N–H and O–H groups in total. The number of carbonyl (C=O) groups excluding carboxylic acids is 1. The van der Waals surface area contributed by atoms with Crippen molar-refractivity contribution in [2.24, 2.45) is 0 Å². The average Bonchev–Trinajstić information content (AvgIpc) is 2.95. The van der Waals surface area contributed by atoms with Crippen molar-refractivity contribution in [1.29, 1.82) is 0 Å². The maximum Gasteiger partial charge on any atom is 0.241 e. The third-order valence-electron chi connectivity index (χ3n) is 4.46. The first-order chi connectivity index (χ1) is 10.6. The second-order valence-electron chi connectivity index (χ2n) is 6.68. The van der Waals surface area contributed by atoms with Crippen molar-refractivity contribution in [3.8, 4) is 0 Å². The summed E-state index contributed by atoms with van der Waals surface area (Å²) in [5.74, 6) is -0.176. The maximum absolute atomic E-state index is 12.7. The third kappa shape index (κ3) is 3.75. The van der Waals surface area contributed by atoms with Crippen LogP contribution in [0.2, 0.25) is 0 Å². The summed E-state index contributed by atoms with van der Waals surface area (Å²) < 4.78 is 26.8. The lowest BCUT2D eigenvalue weighted by Crippen LogP contribution is -2.44. The second kappa shape index (κ2) is 6.61. The minimum absolute atomic E-state index is 0.199. The van der Waals surface area contributed by atoms with E-state index in [4.69, 9.17) is 0 Å². The number of carbonyl (C=O) groups is 1. The number of benzene rings is 1. The molecule has 1 aromatic rings. The Morgan fingerprint density at radius 2 is 1.78 bits per heavy atom. The van der Waals surface area contributed by atoms with Crippen LogP contribution in [-0.2, 0) is 14.8 Å². The van der Waals surface area contributed by atoms with E-state index in [0.29, 0.717) is 13.1 Å². The molecule has 23 heavy (non-hydrogen) atoms. The molecule has 1 saturated heterocycles. The van der Waals surface area contributed by atoms with Crippen LogP contribution in [0.1, 0.15) is 36.0 Å². The Hall–Kier alpha value is -1.40. The molecule has 1 aliphatic rings. The van der Waals surface area contributed by atoms with E-state index in [2.05, 4.69) is 32.0 Å². The average molecular weight is 338 g/mol. The fourth-order valence-corrected chi connectivity index (χ4v) is 4.85. The first-order valence-electron chi connectivity index (χ1n) is 7.91. The zero-order valence-corrected chi connectivity index (χ0v) is 15.4. The summed E-state index contributed by atoms with van der Waals surface area (Å²) in [6.07, 6.45) is 0.797. The van der Waals surface area contributed by atoms with Crippen molar-refractivity contribution in [1.82, 2.24) is 9.21 Å². The van der Waals surface area contributed by atoms with E-state index in [1.54, 1.807) is 14.1 Å². The van der Waals surface area contributed by atoms with Gasteiger partial charge in [0.05, 0.1) is 0 Å². The van der Waals surface area contributed by atoms with Crippen LogP contribution in [0.5, 0.6) is 0 Å². The first-order valence-corrected chi connectivity index (χ1v) is 9.41. The molecule has 1 aliphatic heterocycles. The van der Waals surface area contributed by atoms with E-state index < -0.39 is 15.3 Å². The van der Waals surface area contributed by atoms with Gasteiger partial charge in [0.25, 0.3) is 0 Å². The Bertz CT molecular complexity index is 678. The highest BCUT2D eigenvalue weighted by Gasteiger charge is 2.39. The van der Waals surface area contributed by atoms with Crippen LogP contribution in [0.15, 0.2) is 18.2 Å². The van der Waals surface area contributed by atoms with Gasteiger partial charge >= 0.3 is 0 Å². The summed E-state index contributed by atoms with van der Waals surface area (Å²) in [6.45, 7) is 6.51. The molecule has 1 heterocycles. The Morgan fingerprint density at radius 3 is 2.30 bits per heavy atom. The standard InChI is InChI=1S/C17H26N2O3S/c1-12-8-13(2)10-16(9-12)15-6-7-19(11-15)23(21,22)14(3)17(20)18(4)5/h8-10,14-15H,6-7,11H2,1-5H3. The molecule has 2 atom stereocenters. The van der Waals surface area contributed by atoms with E-state index in [9.17, 15) is 13.2 Å². The highest BCUT2D eigenvalue weighted by atomic mass is 32.2. The highest BCUT2D eigenvalue weighted by Crippen LogP contribution is 2.31. The maximum atomic E-state index is 12.7. The lowest BCUT2D eigenvalue weighted by Gasteiger charge is -2.23. The summed E-state index contributed by atoms with van der Waals surface area (Å²) in [7, 11) is -0.442. The van der Waals surface area contributed by atoms with Gasteiger partial charge in [0.15, 0.2) is 5.25 Å². The fourth-order valence-electron chi connectivity index (χ4n) is 3.19. The zero-order chi connectivity index (χ0) is 17.4. The summed E-state index contributed by atoms with van der Waals surface area (Å²) in [5.41, 5.74) is 3.57. The molecule has 1 amide bonds. The van der Waals surface area contributed by atoms with Crippen molar-refractivity contribution in [3.63, 3.8) is 0 Å².